The Morgan fingerprint density at radius 2 is 1.91 bits per heavy atom. The molecule has 0 spiro atoms. The van der Waals surface area contributed by atoms with E-state index in [0.29, 0.717) is 23.3 Å². The van der Waals surface area contributed by atoms with E-state index in [2.05, 4.69) is 15.3 Å². The zero-order valence-corrected chi connectivity index (χ0v) is 12.2. The number of benzene rings is 2. The average molecular weight is 297 g/mol. The molecule has 1 atom stereocenters. The van der Waals surface area contributed by atoms with Crippen LogP contribution in [0.3, 0.4) is 0 Å². The molecule has 1 heterocycles. The van der Waals surface area contributed by atoms with Crippen molar-refractivity contribution < 1.29 is 9.13 Å². The highest BCUT2D eigenvalue weighted by atomic mass is 19.1. The lowest BCUT2D eigenvalue weighted by atomic mass is 10.1. The Morgan fingerprint density at radius 1 is 1.09 bits per heavy atom. The van der Waals surface area contributed by atoms with E-state index >= 15 is 0 Å². The number of rotatable bonds is 5. The van der Waals surface area contributed by atoms with E-state index in [9.17, 15) is 4.39 Å². The Balaban J connectivity index is 1.83. The molecule has 22 heavy (non-hydrogen) atoms. The lowest BCUT2D eigenvalue weighted by Gasteiger charge is -2.17. The molecule has 0 amide bonds. The van der Waals surface area contributed by atoms with E-state index in [1.807, 2.05) is 30.3 Å². The summed E-state index contributed by atoms with van der Waals surface area (Å²) in [6, 6.07) is 14.8. The predicted octanol–water partition coefficient (Wildman–Crippen LogP) is 3.57. The SMILES string of the molecule is COC(CNc1ncnc2c(F)cccc12)c1ccccc1. The largest absolute Gasteiger partial charge is 0.375 e. The number of hydrogen-bond donors (Lipinski definition) is 1. The summed E-state index contributed by atoms with van der Waals surface area (Å²) in [6.07, 6.45) is 1.25. The van der Waals surface area contributed by atoms with Crippen molar-refractivity contribution in [2.24, 2.45) is 0 Å². The molecule has 112 valence electrons. The van der Waals surface area contributed by atoms with Crippen LogP contribution in [0, 0.1) is 5.82 Å². The van der Waals surface area contributed by atoms with Gasteiger partial charge in [0.05, 0.1) is 6.10 Å². The van der Waals surface area contributed by atoms with E-state index < -0.39 is 0 Å². The van der Waals surface area contributed by atoms with Gasteiger partial charge in [0.25, 0.3) is 0 Å². The number of hydrogen-bond acceptors (Lipinski definition) is 4. The van der Waals surface area contributed by atoms with Gasteiger partial charge in [-0.2, -0.15) is 0 Å². The average Bonchev–Trinajstić information content (AvgIpc) is 2.57. The van der Waals surface area contributed by atoms with Crippen LogP contribution in [0.4, 0.5) is 10.2 Å². The third kappa shape index (κ3) is 2.89. The van der Waals surface area contributed by atoms with Crippen molar-refractivity contribution in [1.82, 2.24) is 9.97 Å². The second-order valence-corrected chi connectivity index (χ2v) is 4.87. The van der Waals surface area contributed by atoms with Gasteiger partial charge in [-0.1, -0.05) is 36.4 Å². The molecule has 5 heteroatoms. The zero-order valence-electron chi connectivity index (χ0n) is 12.2. The number of fused-ring (bicyclic) bond motifs is 1. The third-order valence-corrected chi connectivity index (χ3v) is 3.53. The highest BCUT2D eigenvalue weighted by Crippen LogP contribution is 2.23. The molecule has 0 aliphatic rings. The van der Waals surface area contributed by atoms with Gasteiger partial charge >= 0.3 is 0 Å². The van der Waals surface area contributed by atoms with Crippen LogP contribution in [0.1, 0.15) is 11.7 Å². The summed E-state index contributed by atoms with van der Waals surface area (Å²) in [5, 5.41) is 3.88. The van der Waals surface area contributed by atoms with Crippen molar-refractivity contribution >= 4 is 16.7 Å². The van der Waals surface area contributed by atoms with E-state index in [0.717, 1.165) is 5.56 Å². The fourth-order valence-electron chi connectivity index (χ4n) is 2.39. The minimum atomic E-state index is -0.352. The molecule has 1 unspecified atom stereocenters. The first kappa shape index (κ1) is 14.4. The number of para-hydroxylation sites is 1. The Bertz CT molecular complexity index is 764. The number of nitrogens with one attached hydrogen (secondary N) is 1. The minimum Gasteiger partial charge on any atom is -0.375 e. The molecule has 0 saturated heterocycles. The second kappa shape index (κ2) is 6.49. The van der Waals surface area contributed by atoms with Crippen molar-refractivity contribution in [2.45, 2.75) is 6.10 Å². The van der Waals surface area contributed by atoms with Gasteiger partial charge in [0, 0.05) is 19.0 Å². The molecular weight excluding hydrogens is 281 g/mol. The van der Waals surface area contributed by atoms with E-state index in [-0.39, 0.29) is 11.9 Å². The molecule has 2 aromatic carbocycles. The summed E-state index contributed by atoms with van der Waals surface area (Å²) >= 11 is 0. The number of halogens is 1. The van der Waals surface area contributed by atoms with E-state index in [4.69, 9.17) is 4.74 Å². The lowest BCUT2D eigenvalue weighted by molar-refractivity contribution is 0.114. The maximum absolute atomic E-state index is 13.8. The number of nitrogens with zero attached hydrogens (tertiary/aromatic N) is 2. The van der Waals surface area contributed by atoms with Gasteiger partial charge in [-0.05, 0) is 17.7 Å². The molecule has 1 N–H and O–H groups in total. The molecule has 0 aliphatic heterocycles. The monoisotopic (exact) mass is 297 g/mol. The molecule has 1 aromatic heterocycles. The Kier molecular flexibility index (Phi) is 4.25. The van der Waals surface area contributed by atoms with Gasteiger partial charge in [-0.3, -0.25) is 0 Å². The number of aromatic nitrogens is 2. The van der Waals surface area contributed by atoms with Crippen LogP contribution in [0.5, 0.6) is 0 Å². The maximum Gasteiger partial charge on any atom is 0.149 e. The first-order valence-corrected chi connectivity index (χ1v) is 7.00. The summed E-state index contributed by atoms with van der Waals surface area (Å²) in [6.45, 7) is 0.531. The standard InChI is InChI=1S/C17H16FN3O/c1-22-15(12-6-3-2-4-7-12)10-19-17-13-8-5-9-14(18)16(13)20-11-21-17/h2-9,11,15H,10H2,1H3,(H,19,20,21). The lowest BCUT2D eigenvalue weighted by Crippen LogP contribution is -2.15. The fourth-order valence-corrected chi connectivity index (χ4v) is 2.39. The van der Waals surface area contributed by atoms with Crippen LogP contribution in [0.2, 0.25) is 0 Å². The van der Waals surface area contributed by atoms with Gasteiger partial charge < -0.3 is 10.1 Å². The maximum atomic E-state index is 13.8. The smallest absolute Gasteiger partial charge is 0.149 e. The van der Waals surface area contributed by atoms with Crippen LogP contribution >= 0.6 is 0 Å². The van der Waals surface area contributed by atoms with Crippen LogP contribution < -0.4 is 5.32 Å². The molecule has 4 nitrogen and oxygen atoms in total. The first-order chi connectivity index (χ1) is 10.8. The van der Waals surface area contributed by atoms with Gasteiger partial charge in [0.15, 0.2) is 0 Å². The van der Waals surface area contributed by atoms with Gasteiger partial charge in [-0.25, -0.2) is 14.4 Å². The zero-order chi connectivity index (χ0) is 15.4. The van der Waals surface area contributed by atoms with Crippen LogP contribution in [-0.4, -0.2) is 23.6 Å². The summed E-state index contributed by atoms with van der Waals surface area (Å²) < 4.78 is 19.3. The van der Waals surface area contributed by atoms with Gasteiger partial charge in [0.1, 0.15) is 23.5 Å². The summed E-state index contributed by atoms with van der Waals surface area (Å²) in [5.41, 5.74) is 1.38. The molecule has 0 aliphatic carbocycles. The Morgan fingerprint density at radius 3 is 2.68 bits per heavy atom. The van der Waals surface area contributed by atoms with Gasteiger partial charge in [-0.15, -0.1) is 0 Å². The molecule has 0 saturated carbocycles. The molecule has 3 aromatic rings. The topological polar surface area (TPSA) is 47.0 Å². The minimum absolute atomic E-state index is 0.111. The summed E-state index contributed by atoms with van der Waals surface area (Å²) in [4.78, 5) is 8.19. The van der Waals surface area contributed by atoms with Crippen molar-refractivity contribution in [3.63, 3.8) is 0 Å². The van der Waals surface area contributed by atoms with E-state index in [1.54, 1.807) is 19.2 Å². The molecule has 0 radical (unpaired) electrons. The second-order valence-electron chi connectivity index (χ2n) is 4.87. The fraction of sp³-hybridized carbons (Fsp3) is 0.176. The Labute approximate surface area is 128 Å². The van der Waals surface area contributed by atoms with Gasteiger partial charge in [0.2, 0.25) is 0 Å². The van der Waals surface area contributed by atoms with Crippen molar-refractivity contribution in [3.05, 3.63) is 66.2 Å². The summed E-state index contributed by atoms with van der Waals surface area (Å²) in [5.74, 6) is 0.247. The van der Waals surface area contributed by atoms with Crippen molar-refractivity contribution in [1.29, 1.82) is 0 Å². The third-order valence-electron chi connectivity index (χ3n) is 3.53. The molecular formula is C17H16FN3O. The van der Waals surface area contributed by atoms with Crippen LogP contribution in [-0.2, 0) is 4.74 Å². The molecule has 0 fully saturated rings. The molecule has 3 rings (SSSR count). The highest BCUT2D eigenvalue weighted by Gasteiger charge is 2.12. The first-order valence-electron chi connectivity index (χ1n) is 7.00. The highest BCUT2D eigenvalue weighted by molar-refractivity contribution is 5.89. The van der Waals surface area contributed by atoms with Crippen molar-refractivity contribution in [3.8, 4) is 0 Å². The van der Waals surface area contributed by atoms with E-state index in [1.165, 1.54) is 12.4 Å². The quantitative estimate of drug-likeness (QED) is 0.782. The normalized spacial score (nSPS) is 12.3. The number of ether oxygens (including phenoxy) is 1. The Hall–Kier alpha value is -2.53. The number of anilines is 1. The predicted molar refractivity (Wildman–Crippen MR) is 84.2 cm³/mol. The summed E-state index contributed by atoms with van der Waals surface area (Å²) in [7, 11) is 1.66. The van der Waals surface area contributed by atoms with Crippen LogP contribution in [0.15, 0.2) is 54.9 Å². The van der Waals surface area contributed by atoms with Crippen LogP contribution in [0.25, 0.3) is 10.9 Å². The number of methoxy groups -OCH3 is 1. The molecule has 0 bridgehead atoms. The van der Waals surface area contributed by atoms with Crippen molar-refractivity contribution in [2.75, 3.05) is 19.0 Å².